The molecule has 2 aromatic carbocycles. The number of carbonyl (C=O) groups is 1. The molecule has 1 N–H and O–H groups in total. The molecule has 0 radical (unpaired) electrons. The molecule has 3 aromatic rings. The smallest absolute Gasteiger partial charge is 0.430 e. The van der Waals surface area contributed by atoms with Gasteiger partial charge in [0.2, 0.25) is 0 Å². The molecule has 0 aliphatic carbocycles. The van der Waals surface area contributed by atoms with Crippen molar-refractivity contribution in [2.75, 3.05) is 16.7 Å². The van der Waals surface area contributed by atoms with Gasteiger partial charge in [0.1, 0.15) is 22.1 Å². The Morgan fingerprint density at radius 3 is 2.35 bits per heavy atom. The third-order valence-corrected chi connectivity index (χ3v) is 8.60. The van der Waals surface area contributed by atoms with Crippen molar-refractivity contribution in [2.45, 2.75) is 78.1 Å². The Morgan fingerprint density at radius 1 is 1.10 bits per heavy atom. The van der Waals surface area contributed by atoms with Gasteiger partial charge in [-0.3, -0.25) is 4.90 Å². The molecule has 0 unspecified atom stereocenters. The Balaban J connectivity index is 1.96. The van der Waals surface area contributed by atoms with Crippen molar-refractivity contribution < 1.29 is 26.7 Å². The lowest BCUT2D eigenvalue weighted by atomic mass is 10.00. The Morgan fingerprint density at radius 2 is 1.77 bits per heavy atom. The van der Waals surface area contributed by atoms with Gasteiger partial charge < -0.3 is 10.1 Å². The molecule has 0 aliphatic heterocycles. The molecular weight excluding hydrogens is 558 g/mol. The van der Waals surface area contributed by atoms with Crippen LogP contribution in [-0.4, -0.2) is 43.1 Å². The minimum atomic E-state index is -4.74. The number of amides is 1. The zero-order valence-electron chi connectivity index (χ0n) is 24.0. The molecule has 0 bridgehead atoms. The van der Waals surface area contributed by atoms with Crippen LogP contribution in [0.4, 0.5) is 25.1 Å². The van der Waals surface area contributed by atoms with Gasteiger partial charge in [-0.2, -0.15) is 0 Å². The van der Waals surface area contributed by atoms with Crippen molar-refractivity contribution in [3.05, 3.63) is 69.0 Å². The van der Waals surface area contributed by atoms with Crippen LogP contribution >= 0.6 is 11.3 Å². The summed E-state index contributed by atoms with van der Waals surface area (Å²) in [5.41, 5.74) is 3.24. The lowest BCUT2D eigenvalue weighted by molar-refractivity contribution is 0.0608. The van der Waals surface area contributed by atoms with E-state index in [0.717, 1.165) is 34.6 Å². The maximum absolute atomic E-state index is 15.4. The summed E-state index contributed by atoms with van der Waals surface area (Å²) >= 11 is 1.07. The van der Waals surface area contributed by atoms with Crippen LogP contribution in [0.25, 0.3) is 0 Å². The van der Waals surface area contributed by atoms with Crippen molar-refractivity contribution >= 4 is 39.0 Å². The summed E-state index contributed by atoms with van der Waals surface area (Å²) in [6.45, 7) is 13.0. The van der Waals surface area contributed by atoms with E-state index in [1.165, 1.54) is 17.0 Å². The number of aromatic nitrogens is 1. The predicted octanol–water partition coefficient (Wildman–Crippen LogP) is 6.62. The average Bonchev–Trinajstić information content (AvgIpc) is 3.35. The van der Waals surface area contributed by atoms with Gasteiger partial charge in [-0.25, -0.2) is 27.0 Å². The van der Waals surface area contributed by atoms with E-state index in [4.69, 9.17) is 4.74 Å². The molecule has 0 saturated heterocycles. The van der Waals surface area contributed by atoms with Crippen LogP contribution < -0.4 is 9.62 Å². The lowest BCUT2D eigenvalue weighted by Gasteiger charge is -2.26. The number of hydrogen-bond acceptors (Lipinski definition) is 8. The van der Waals surface area contributed by atoms with Crippen LogP contribution in [0.1, 0.15) is 56.9 Å². The van der Waals surface area contributed by atoms with Gasteiger partial charge in [0.25, 0.3) is 10.0 Å². The van der Waals surface area contributed by atoms with Crippen molar-refractivity contribution in [1.29, 1.82) is 0 Å². The number of anilines is 2. The first-order valence-corrected chi connectivity index (χ1v) is 15.1. The Bertz CT molecular complexity index is 1470. The second kappa shape index (κ2) is 12.2. The second-order valence-corrected chi connectivity index (χ2v) is 13.4. The molecule has 0 spiro atoms. The van der Waals surface area contributed by atoms with Crippen molar-refractivity contribution in [3.8, 4) is 0 Å². The highest BCUT2D eigenvalue weighted by Gasteiger charge is 2.38. The fraction of sp³-hybridized carbons (Fsp3) is 0.429. The highest BCUT2D eigenvalue weighted by molar-refractivity contribution is 7.93. The van der Waals surface area contributed by atoms with E-state index in [1.807, 2.05) is 27.8 Å². The van der Waals surface area contributed by atoms with Crippen LogP contribution in [-0.2, 0) is 27.8 Å². The van der Waals surface area contributed by atoms with E-state index in [1.54, 1.807) is 33.8 Å². The van der Waals surface area contributed by atoms with Gasteiger partial charge in [0, 0.05) is 35.8 Å². The van der Waals surface area contributed by atoms with Gasteiger partial charge in [-0.15, -0.1) is 15.6 Å². The van der Waals surface area contributed by atoms with Gasteiger partial charge in [0.05, 0.1) is 5.51 Å². The molecule has 0 atom stereocenters. The number of nitrogens with one attached hydrogen (secondary N) is 1. The lowest BCUT2D eigenvalue weighted by Crippen LogP contribution is -2.41. The van der Waals surface area contributed by atoms with Crippen LogP contribution in [0.15, 0.2) is 40.1 Å². The summed E-state index contributed by atoms with van der Waals surface area (Å²) in [5, 5.41) is 4.42. The van der Waals surface area contributed by atoms with E-state index in [2.05, 4.69) is 15.2 Å². The quantitative estimate of drug-likeness (QED) is 0.298. The Kier molecular flexibility index (Phi) is 9.58. The molecule has 40 heavy (non-hydrogen) atoms. The highest BCUT2D eigenvalue weighted by Crippen LogP contribution is 2.31. The van der Waals surface area contributed by atoms with E-state index < -0.39 is 32.4 Å². The fourth-order valence-corrected chi connectivity index (χ4v) is 5.87. The first kappa shape index (κ1) is 31.4. The number of nitrogens with zero attached hydrogens (tertiary/aromatic N) is 3. The zero-order chi connectivity index (χ0) is 30.0. The van der Waals surface area contributed by atoms with Gasteiger partial charge in [-0.1, -0.05) is 6.07 Å². The SMILES string of the molecule is Cc1cc(S(=O)(=O)N(C(=O)OC(C)(C)C)c2cscn2)c(F)cc1NCc1c(F)ccc(C)c1CN(C)C(C)C. The molecule has 0 aliphatic rings. The third kappa shape index (κ3) is 7.15. The zero-order valence-corrected chi connectivity index (χ0v) is 25.6. The molecule has 12 heteroatoms. The average molecular weight is 595 g/mol. The van der Waals surface area contributed by atoms with E-state index >= 15 is 4.39 Å². The second-order valence-electron chi connectivity index (χ2n) is 10.9. The third-order valence-electron chi connectivity index (χ3n) is 6.34. The number of benzene rings is 2. The summed E-state index contributed by atoms with van der Waals surface area (Å²) in [6.07, 6.45) is -1.20. The predicted molar refractivity (Wildman–Crippen MR) is 154 cm³/mol. The monoisotopic (exact) mass is 594 g/mol. The summed E-state index contributed by atoms with van der Waals surface area (Å²) in [4.78, 5) is 18.2. The highest BCUT2D eigenvalue weighted by atomic mass is 32.2. The number of rotatable bonds is 9. The molecule has 0 saturated carbocycles. The number of sulfonamides is 1. The summed E-state index contributed by atoms with van der Waals surface area (Å²) < 4.78 is 63.2. The largest absolute Gasteiger partial charge is 0.443 e. The standard InChI is InChI=1S/C28H36F2N4O4S2/c1-17(2)33(8)14-21-18(3)9-10-22(29)20(21)13-31-24-12-23(30)25(11-19(24)4)40(36,37)34(26-15-39-16-32-26)27(35)38-28(5,6)7/h9-12,15-17,31H,13-14H2,1-8H3. The number of halogens is 2. The molecule has 218 valence electrons. The Labute approximate surface area is 239 Å². The maximum Gasteiger partial charge on any atom is 0.430 e. The first-order chi connectivity index (χ1) is 18.5. The minimum Gasteiger partial charge on any atom is -0.443 e. The maximum atomic E-state index is 15.4. The minimum absolute atomic E-state index is 0.0595. The molecular formula is C28H36F2N4O4S2. The Hall–Kier alpha value is -3.09. The summed E-state index contributed by atoms with van der Waals surface area (Å²) in [6, 6.07) is 5.55. The number of hydrogen-bond donors (Lipinski definition) is 1. The summed E-state index contributed by atoms with van der Waals surface area (Å²) in [5.74, 6) is -1.67. The summed E-state index contributed by atoms with van der Waals surface area (Å²) in [7, 11) is -2.78. The molecule has 1 amide bonds. The van der Waals surface area contributed by atoms with Gasteiger partial charge >= 0.3 is 6.09 Å². The van der Waals surface area contributed by atoms with Gasteiger partial charge in [-0.05, 0) is 90.4 Å². The van der Waals surface area contributed by atoms with E-state index in [9.17, 15) is 17.6 Å². The van der Waals surface area contributed by atoms with Gasteiger partial charge in [0.15, 0.2) is 5.82 Å². The van der Waals surface area contributed by atoms with Crippen LogP contribution in [0, 0.1) is 25.5 Å². The van der Waals surface area contributed by atoms with Crippen molar-refractivity contribution in [1.82, 2.24) is 9.88 Å². The van der Waals surface area contributed by atoms with E-state index in [-0.39, 0.29) is 29.9 Å². The normalized spacial score (nSPS) is 12.2. The molecule has 1 heterocycles. The van der Waals surface area contributed by atoms with Crippen LogP contribution in [0.5, 0.6) is 0 Å². The molecule has 1 aromatic heterocycles. The number of ether oxygens (including phenoxy) is 1. The number of carbonyl (C=O) groups excluding carboxylic acids is 1. The number of aryl methyl sites for hydroxylation is 2. The first-order valence-electron chi connectivity index (χ1n) is 12.7. The molecule has 8 nitrogen and oxygen atoms in total. The molecule has 3 rings (SSSR count). The van der Waals surface area contributed by atoms with E-state index in [0.29, 0.717) is 22.0 Å². The fourth-order valence-electron chi connectivity index (χ4n) is 3.87. The van der Waals surface area contributed by atoms with Crippen LogP contribution in [0.3, 0.4) is 0 Å². The van der Waals surface area contributed by atoms with Crippen molar-refractivity contribution in [3.63, 3.8) is 0 Å². The number of thiazole rings is 1. The van der Waals surface area contributed by atoms with Crippen LogP contribution in [0.2, 0.25) is 0 Å². The molecule has 0 fully saturated rings. The topological polar surface area (TPSA) is 91.8 Å². The van der Waals surface area contributed by atoms with Crippen molar-refractivity contribution in [2.24, 2.45) is 0 Å².